The van der Waals surface area contributed by atoms with Gasteiger partial charge in [-0.15, -0.1) is 17.5 Å². The summed E-state index contributed by atoms with van der Waals surface area (Å²) in [6.45, 7) is 2.06. The molecule has 118 valence electrons. The highest BCUT2D eigenvalue weighted by Gasteiger charge is 2.24. The largest absolute Gasteiger partial charge is 0.373 e. The molecule has 1 amide bonds. The van der Waals surface area contributed by atoms with Gasteiger partial charge in [-0.2, -0.15) is 0 Å². The topological polar surface area (TPSA) is 99.2 Å². The monoisotopic (exact) mass is 324 g/mol. The molecule has 1 atom stereocenters. The first-order valence-electron chi connectivity index (χ1n) is 6.72. The average molecular weight is 325 g/mol. The SMILES string of the molecule is Cl.NCC1CN(C(=O)c2ccc(-n3cnnn3)cc2)CCO1. The minimum Gasteiger partial charge on any atom is -0.373 e. The van der Waals surface area contributed by atoms with E-state index in [1.807, 2.05) is 12.1 Å². The molecule has 3 rings (SSSR count). The fourth-order valence-electron chi connectivity index (χ4n) is 2.27. The van der Waals surface area contributed by atoms with E-state index in [2.05, 4.69) is 15.5 Å². The van der Waals surface area contributed by atoms with Crippen molar-refractivity contribution in [3.8, 4) is 5.69 Å². The Morgan fingerprint density at radius 2 is 2.14 bits per heavy atom. The summed E-state index contributed by atoms with van der Waals surface area (Å²) in [5, 5.41) is 11.0. The maximum Gasteiger partial charge on any atom is 0.254 e. The number of halogens is 1. The van der Waals surface area contributed by atoms with Crippen molar-refractivity contribution >= 4 is 18.3 Å². The Balaban J connectivity index is 0.00000176. The summed E-state index contributed by atoms with van der Waals surface area (Å²) in [4.78, 5) is 14.2. The van der Waals surface area contributed by atoms with E-state index in [1.165, 1.54) is 11.0 Å². The van der Waals surface area contributed by atoms with Gasteiger partial charge in [0.05, 0.1) is 18.4 Å². The zero-order valence-electron chi connectivity index (χ0n) is 11.8. The maximum atomic E-state index is 12.4. The number of ether oxygens (including phenoxy) is 1. The first-order valence-corrected chi connectivity index (χ1v) is 6.72. The Hall–Kier alpha value is -2.03. The molecule has 0 aliphatic carbocycles. The van der Waals surface area contributed by atoms with Crippen LogP contribution in [0.5, 0.6) is 0 Å². The molecule has 9 heteroatoms. The van der Waals surface area contributed by atoms with Gasteiger partial charge in [0.2, 0.25) is 0 Å². The molecule has 22 heavy (non-hydrogen) atoms. The van der Waals surface area contributed by atoms with Gasteiger partial charge in [0.1, 0.15) is 6.33 Å². The van der Waals surface area contributed by atoms with Crippen LogP contribution in [0.25, 0.3) is 5.69 Å². The highest BCUT2D eigenvalue weighted by molar-refractivity contribution is 5.94. The van der Waals surface area contributed by atoms with E-state index in [-0.39, 0.29) is 24.4 Å². The number of nitrogens with zero attached hydrogens (tertiary/aromatic N) is 5. The van der Waals surface area contributed by atoms with Crippen molar-refractivity contribution in [3.05, 3.63) is 36.2 Å². The highest BCUT2D eigenvalue weighted by Crippen LogP contribution is 2.13. The van der Waals surface area contributed by atoms with Crippen LogP contribution in [0.2, 0.25) is 0 Å². The van der Waals surface area contributed by atoms with Crippen molar-refractivity contribution in [2.75, 3.05) is 26.2 Å². The zero-order valence-corrected chi connectivity index (χ0v) is 12.6. The first-order chi connectivity index (χ1) is 10.3. The van der Waals surface area contributed by atoms with Gasteiger partial charge in [0.15, 0.2) is 0 Å². The van der Waals surface area contributed by atoms with Gasteiger partial charge < -0.3 is 15.4 Å². The van der Waals surface area contributed by atoms with Gasteiger partial charge in [-0.25, -0.2) is 4.68 Å². The fraction of sp³-hybridized carbons (Fsp3) is 0.385. The van der Waals surface area contributed by atoms with Gasteiger partial charge in [-0.3, -0.25) is 4.79 Å². The lowest BCUT2D eigenvalue weighted by atomic mass is 10.1. The van der Waals surface area contributed by atoms with Gasteiger partial charge in [-0.1, -0.05) is 0 Å². The van der Waals surface area contributed by atoms with E-state index < -0.39 is 0 Å². The summed E-state index contributed by atoms with van der Waals surface area (Å²) in [6.07, 6.45) is 1.42. The molecule has 0 bridgehead atoms. The number of hydrogen-bond donors (Lipinski definition) is 1. The molecule has 8 nitrogen and oxygen atoms in total. The second kappa shape index (κ2) is 7.30. The number of carbonyl (C=O) groups excluding carboxylic acids is 1. The lowest BCUT2D eigenvalue weighted by Crippen LogP contribution is -2.48. The molecule has 1 unspecified atom stereocenters. The molecule has 0 radical (unpaired) electrons. The van der Waals surface area contributed by atoms with Crippen LogP contribution in [-0.2, 0) is 4.74 Å². The van der Waals surface area contributed by atoms with Crippen LogP contribution < -0.4 is 5.73 Å². The normalized spacial score (nSPS) is 17.9. The molecule has 1 fully saturated rings. The Morgan fingerprint density at radius 3 is 2.77 bits per heavy atom. The Kier molecular flexibility index (Phi) is 5.42. The third kappa shape index (κ3) is 3.41. The highest BCUT2D eigenvalue weighted by atomic mass is 35.5. The number of carbonyl (C=O) groups is 1. The predicted molar refractivity (Wildman–Crippen MR) is 81.1 cm³/mol. The van der Waals surface area contributed by atoms with Crippen LogP contribution in [0.4, 0.5) is 0 Å². The van der Waals surface area contributed by atoms with E-state index >= 15 is 0 Å². The molecule has 2 aromatic rings. The molecule has 0 spiro atoms. The second-order valence-corrected chi connectivity index (χ2v) is 4.78. The van der Waals surface area contributed by atoms with E-state index in [0.717, 1.165) is 5.69 Å². The summed E-state index contributed by atoms with van der Waals surface area (Å²) in [5.41, 5.74) is 7.03. The van der Waals surface area contributed by atoms with Gasteiger partial charge in [-0.05, 0) is 34.7 Å². The molecule has 1 aromatic heterocycles. The minimum absolute atomic E-state index is 0. The number of benzene rings is 1. The molecule has 1 saturated heterocycles. The Morgan fingerprint density at radius 1 is 1.36 bits per heavy atom. The first kappa shape index (κ1) is 16.3. The molecule has 1 aromatic carbocycles. The van der Waals surface area contributed by atoms with Crippen molar-refractivity contribution in [1.29, 1.82) is 0 Å². The Bertz CT molecular complexity index is 604. The number of amides is 1. The number of rotatable bonds is 3. The van der Waals surface area contributed by atoms with E-state index in [0.29, 0.717) is 31.8 Å². The Labute approximate surface area is 133 Å². The summed E-state index contributed by atoms with van der Waals surface area (Å²) in [7, 11) is 0. The van der Waals surface area contributed by atoms with Crippen molar-refractivity contribution in [2.24, 2.45) is 5.73 Å². The van der Waals surface area contributed by atoms with E-state index in [4.69, 9.17) is 10.5 Å². The molecular weight excluding hydrogens is 308 g/mol. The van der Waals surface area contributed by atoms with Crippen LogP contribution >= 0.6 is 12.4 Å². The average Bonchev–Trinajstić information content (AvgIpc) is 3.09. The molecule has 0 saturated carbocycles. The fourth-order valence-corrected chi connectivity index (χ4v) is 2.27. The van der Waals surface area contributed by atoms with Crippen molar-refractivity contribution < 1.29 is 9.53 Å². The van der Waals surface area contributed by atoms with Crippen molar-refractivity contribution in [2.45, 2.75) is 6.10 Å². The number of hydrogen-bond acceptors (Lipinski definition) is 6. The summed E-state index contributed by atoms with van der Waals surface area (Å²) in [6, 6.07) is 7.16. The molecule has 2 N–H and O–H groups in total. The third-order valence-corrected chi connectivity index (χ3v) is 3.42. The van der Waals surface area contributed by atoms with Gasteiger partial charge in [0.25, 0.3) is 5.91 Å². The second-order valence-electron chi connectivity index (χ2n) is 4.78. The lowest BCUT2D eigenvalue weighted by Gasteiger charge is -2.32. The predicted octanol–water partition coefficient (Wildman–Crippen LogP) is -0.116. The minimum atomic E-state index is -0.0804. The van der Waals surface area contributed by atoms with Crippen LogP contribution in [0.3, 0.4) is 0 Å². The van der Waals surface area contributed by atoms with Crippen LogP contribution in [0.15, 0.2) is 30.6 Å². The number of tetrazole rings is 1. The van der Waals surface area contributed by atoms with Crippen LogP contribution in [0, 0.1) is 0 Å². The van der Waals surface area contributed by atoms with E-state index in [1.54, 1.807) is 17.0 Å². The smallest absolute Gasteiger partial charge is 0.254 e. The third-order valence-electron chi connectivity index (χ3n) is 3.42. The summed E-state index contributed by atoms with van der Waals surface area (Å²) >= 11 is 0. The van der Waals surface area contributed by atoms with E-state index in [9.17, 15) is 4.79 Å². The zero-order chi connectivity index (χ0) is 14.7. The van der Waals surface area contributed by atoms with Crippen molar-refractivity contribution in [1.82, 2.24) is 25.1 Å². The molecule has 2 heterocycles. The lowest BCUT2D eigenvalue weighted by molar-refractivity contribution is -0.0167. The summed E-state index contributed by atoms with van der Waals surface area (Å²) < 4.78 is 7.00. The molecular formula is C13H17ClN6O2. The molecule has 1 aliphatic rings. The van der Waals surface area contributed by atoms with Crippen LogP contribution in [-0.4, -0.2) is 63.4 Å². The number of nitrogens with two attached hydrogens (primary N) is 1. The molecule has 1 aliphatic heterocycles. The van der Waals surface area contributed by atoms with Gasteiger partial charge in [0, 0.05) is 25.2 Å². The van der Waals surface area contributed by atoms with Crippen LogP contribution in [0.1, 0.15) is 10.4 Å². The van der Waals surface area contributed by atoms with Crippen molar-refractivity contribution in [3.63, 3.8) is 0 Å². The maximum absolute atomic E-state index is 12.4. The quantitative estimate of drug-likeness (QED) is 0.845. The standard InChI is InChI=1S/C13H16N6O2.ClH/c14-7-12-8-18(5-6-21-12)13(20)10-1-3-11(4-2-10)19-9-15-16-17-19;/h1-4,9,12H,5-8,14H2;1H. The summed E-state index contributed by atoms with van der Waals surface area (Å²) in [5.74, 6) is -0.0139. The van der Waals surface area contributed by atoms with Gasteiger partial charge >= 0.3 is 0 Å². The number of aromatic nitrogens is 4. The number of morpholine rings is 1.